The van der Waals surface area contributed by atoms with Crippen LogP contribution >= 0.6 is 0 Å². The molecule has 4 rings (SSSR count). The number of piperazine rings is 1. The van der Waals surface area contributed by atoms with Crippen molar-refractivity contribution < 1.29 is 9.59 Å². The first-order chi connectivity index (χ1) is 16.2. The molecule has 1 aliphatic heterocycles. The van der Waals surface area contributed by atoms with Crippen LogP contribution in [0.1, 0.15) is 27.9 Å². The molecule has 0 aromatic heterocycles. The second kappa shape index (κ2) is 11.3. The summed E-state index contributed by atoms with van der Waals surface area (Å²) in [5, 5.41) is 2.95. The molecule has 1 heterocycles. The summed E-state index contributed by atoms with van der Waals surface area (Å²) in [7, 11) is 0. The lowest BCUT2D eigenvalue weighted by molar-refractivity contribution is -0.131. The van der Waals surface area contributed by atoms with Crippen molar-refractivity contribution >= 4 is 17.5 Å². The number of carbonyl (C=O) groups is 2. The molecule has 3 aromatic rings. The maximum atomic E-state index is 12.8. The van der Waals surface area contributed by atoms with Crippen molar-refractivity contribution in [1.29, 1.82) is 0 Å². The monoisotopic (exact) mass is 441 g/mol. The molecule has 0 unspecified atom stereocenters. The molecule has 0 bridgehead atoms. The van der Waals surface area contributed by atoms with Crippen LogP contribution in [0.15, 0.2) is 84.9 Å². The molecule has 0 atom stereocenters. The smallest absolute Gasteiger partial charge is 0.251 e. The summed E-state index contributed by atoms with van der Waals surface area (Å²) < 4.78 is 0. The topological polar surface area (TPSA) is 52.7 Å². The minimum Gasteiger partial charge on any atom is -0.368 e. The molecule has 0 saturated carbocycles. The van der Waals surface area contributed by atoms with E-state index in [9.17, 15) is 9.59 Å². The normalized spacial score (nSPS) is 13.6. The van der Waals surface area contributed by atoms with E-state index in [4.69, 9.17) is 0 Å². The van der Waals surface area contributed by atoms with Gasteiger partial charge in [0.25, 0.3) is 5.91 Å². The molecule has 0 radical (unpaired) electrons. The standard InChI is InChI=1S/C28H31N3O2/c32-27(31-21-19-30(20-22-31)25-12-5-2-6-13-25)17-18-29-28(33)26-14-8-7-11-24(26)16-15-23-9-3-1-4-10-23/h1-14H,15-22H2,(H,29,33). The molecule has 1 aliphatic rings. The van der Waals surface area contributed by atoms with Crippen molar-refractivity contribution in [3.05, 3.63) is 102 Å². The fraction of sp³-hybridized carbons (Fsp3) is 0.286. The van der Waals surface area contributed by atoms with Crippen LogP contribution in [0.25, 0.3) is 0 Å². The summed E-state index contributed by atoms with van der Waals surface area (Å²) in [6.45, 7) is 3.44. The van der Waals surface area contributed by atoms with Crippen LogP contribution in [0.4, 0.5) is 5.69 Å². The van der Waals surface area contributed by atoms with Gasteiger partial charge in [0.15, 0.2) is 0 Å². The molecule has 5 heteroatoms. The molecule has 1 N–H and O–H groups in total. The van der Waals surface area contributed by atoms with Crippen molar-refractivity contribution in [2.75, 3.05) is 37.6 Å². The maximum Gasteiger partial charge on any atom is 0.251 e. The third-order valence-electron chi connectivity index (χ3n) is 6.17. The van der Waals surface area contributed by atoms with E-state index in [1.165, 1.54) is 11.3 Å². The third-order valence-corrected chi connectivity index (χ3v) is 6.17. The molecule has 5 nitrogen and oxygen atoms in total. The number of benzene rings is 3. The van der Waals surface area contributed by atoms with Crippen LogP contribution in [0.2, 0.25) is 0 Å². The zero-order valence-corrected chi connectivity index (χ0v) is 19.0. The van der Waals surface area contributed by atoms with Gasteiger partial charge in [0.1, 0.15) is 0 Å². The van der Waals surface area contributed by atoms with E-state index in [2.05, 4.69) is 34.5 Å². The van der Waals surface area contributed by atoms with Gasteiger partial charge in [-0.25, -0.2) is 0 Å². The molecule has 1 fully saturated rings. The van der Waals surface area contributed by atoms with Gasteiger partial charge in [0, 0.05) is 50.4 Å². The SMILES string of the molecule is O=C(NCCC(=O)N1CCN(c2ccccc2)CC1)c1ccccc1CCc1ccccc1. The van der Waals surface area contributed by atoms with Crippen LogP contribution in [0.5, 0.6) is 0 Å². The van der Waals surface area contributed by atoms with E-state index in [0.717, 1.165) is 31.5 Å². The number of aryl methyl sites for hydroxylation is 2. The highest BCUT2D eigenvalue weighted by Gasteiger charge is 2.21. The predicted molar refractivity (Wildman–Crippen MR) is 132 cm³/mol. The Morgan fingerprint density at radius 2 is 1.36 bits per heavy atom. The lowest BCUT2D eigenvalue weighted by atomic mass is 9.99. The number of para-hydroxylation sites is 1. The van der Waals surface area contributed by atoms with Gasteiger partial charge >= 0.3 is 0 Å². The van der Waals surface area contributed by atoms with E-state index in [0.29, 0.717) is 31.6 Å². The van der Waals surface area contributed by atoms with Gasteiger partial charge < -0.3 is 15.1 Å². The molecule has 3 aromatic carbocycles. The average Bonchev–Trinajstić information content (AvgIpc) is 2.88. The highest BCUT2D eigenvalue weighted by molar-refractivity contribution is 5.95. The van der Waals surface area contributed by atoms with E-state index in [1.807, 2.05) is 65.6 Å². The lowest BCUT2D eigenvalue weighted by Gasteiger charge is -2.36. The van der Waals surface area contributed by atoms with Crippen LogP contribution in [0.3, 0.4) is 0 Å². The molecule has 33 heavy (non-hydrogen) atoms. The highest BCUT2D eigenvalue weighted by Crippen LogP contribution is 2.16. The number of carbonyl (C=O) groups excluding carboxylic acids is 2. The van der Waals surface area contributed by atoms with Gasteiger partial charge in [-0.05, 0) is 42.2 Å². The van der Waals surface area contributed by atoms with E-state index < -0.39 is 0 Å². The summed E-state index contributed by atoms with van der Waals surface area (Å²) in [6.07, 6.45) is 2.01. The van der Waals surface area contributed by atoms with Gasteiger partial charge in [-0.2, -0.15) is 0 Å². The first-order valence-corrected chi connectivity index (χ1v) is 11.7. The molecule has 2 amide bonds. The summed E-state index contributed by atoms with van der Waals surface area (Å²) >= 11 is 0. The fourth-order valence-corrected chi connectivity index (χ4v) is 4.27. The second-order valence-corrected chi connectivity index (χ2v) is 8.35. The lowest BCUT2D eigenvalue weighted by Crippen LogP contribution is -2.49. The number of anilines is 1. The summed E-state index contributed by atoms with van der Waals surface area (Å²) in [4.78, 5) is 29.6. The Hall–Kier alpha value is -3.60. The number of rotatable bonds is 8. The largest absolute Gasteiger partial charge is 0.368 e. The van der Waals surface area contributed by atoms with Gasteiger partial charge in [-0.3, -0.25) is 9.59 Å². The molecular formula is C28H31N3O2. The first-order valence-electron chi connectivity index (χ1n) is 11.7. The molecule has 1 saturated heterocycles. The van der Waals surface area contributed by atoms with Gasteiger partial charge in [-0.1, -0.05) is 66.7 Å². The maximum absolute atomic E-state index is 12.8. The van der Waals surface area contributed by atoms with E-state index in [1.54, 1.807) is 0 Å². The van der Waals surface area contributed by atoms with Crippen LogP contribution < -0.4 is 10.2 Å². The number of hydrogen-bond acceptors (Lipinski definition) is 3. The number of nitrogens with zero attached hydrogens (tertiary/aromatic N) is 2. The van der Waals surface area contributed by atoms with Gasteiger partial charge in [0.2, 0.25) is 5.91 Å². The van der Waals surface area contributed by atoms with Crippen molar-refractivity contribution in [1.82, 2.24) is 10.2 Å². The quantitative estimate of drug-likeness (QED) is 0.576. The number of nitrogens with one attached hydrogen (secondary N) is 1. The van der Waals surface area contributed by atoms with Crippen molar-refractivity contribution in [2.45, 2.75) is 19.3 Å². The Balaban J connectivity index is 1.23. The molecule has 170 valence electrons. The minimum atomic E-state index is -0.111. The number of amides is 2. The van der Waals surface area contributed by atoms with Crippen LogP contribution in [0, 0.1) is 0 Å². The van der Waals surface area contributed by atoms with Gasteiger partial charge in [-0.15, -0.1) is 0 Å². The number of hydrogen-bond donors (Lipinski definition) is 1. The van der Waals surface area contributed by atoms with Crippen molar-refractivity contribution in [3.8, 4) is 0 Å². The van der Waals surface area contributed by atoms with E-state index in [-0.39, 0.29) is 11.8 Å². The molecular weight excluding hydrogens is 410 g/mol. The first kappa shape index (κ1) is 22.6. The Kier molecular flexibility index (Phi) is 7.75. The summed E-state index contributed by atoms with van der Waals surface area (Å²) in [5.41, 5.74) is 4.17. The summed E-state index contributed by atoms with van der Waals surface area (Å²) in [6, 6.07) is 28.3. The zero-order chi connectivity index (χ0) is 22.9. The summed E-state index contributed by atoms with van der Waals surface area (Å²) in [5.74, 6) is -0.0132. The molecule has 0 spiro atoms. The Bertz CT molecular complexity index is 1050. The Labute approximate surface area is 196 Å². The van der Waals surface area contributed by atoms with E-state index >= 15 is 0 Å². The third kappa shape index (κ3) is 6.22. The predicted octanol–water partition coefficient (Wildman–Crippen LogP) is 3.94. The highest BCUT2D eigenvalue weighted by atomic mass is 16.2. The van der Waals surface area contributed by atoms with Crippen LogP contribution in [-0.2, 0) is 17.6 Å². The van der Waals surface area contributed by atoms with Crippen molar-refractivity contribution in [3.63, 3.8) is 0 Å². The minimum absolute atomic E-state index is 0.0976. The second-order valence-electron chi connectivity index (χ2n) is 8.35. The zero-order valence-electron chi connectivity index (χ0n) is 19.0. The van der Waals surface area contributed by atoms with Crippen molar-refractivity contribution in [2.24, 2.45) is 0 Å². The fourth-order valence-electron chi connectivity index (χ4n) is 4.27. The average molecular weight is 442 g/mol. The van der Waals surface area contributed by atoms with Gasteiger partial charge in [0.05, 0.1) is 0 Å². The van der Waals surface area contributed by atoms with Crippen LogP contribution in [-0.4, -0.2) is 49.4 Å². The molecule has 0 aliphatic carbocycles. The Morgan fingerprint density at radius 3 is 2.09 bits per heavy atom. The Morgan fingerprint density at radius 1 is 0.727 bits per heavy atom.